The molecule has 1 saturated carbocycles. The van der Waals surface area contributed by atoms with Gasteiger partial charge in [0, 0.05) is 17.6 Å². The van der Waals surface area contributed by atoms with Gasteiger partial charge < -0.3 is 15.8 Å². The zero-order valence-corrected chi connectivity index (χ0v) is 16.0. The Labute approximate surface area is 164 Å². The van der Waals surface area contributed by atoms with Gasteiger partial charge in [-0.25, -0.2) is 8.78 Å². The third kappa shape index (κ3) is 5.29. The van der Waals surface area contributed by atoms with Crippen molar-refractivity contribution in [3.63, 3.8) is 0 Å². The van der Waals surface area contributed by atoms with Crippen LogP contribution in [0.3, 0.4) is 0 Å². The van der Waals surface area contributed by atoms with Crippen LogP contribution in [0.2, 0.25) is 0 Å². The number of carbonyl (C=O) groups excluding carboxylic acids is 1. The topological polar surface area (TPSA) is 64.3 Å². The Bertz CT molecular complexity index is 824. The summed E-state index contributed by atoms with van der Waals surface area (Å²) in [5.74, 6) is -0.483. The smallest absolute Gasteiger partial charge is 0.252 e. The molecular weight excluding hydrogens is 362 g/mol. The van der Waals surface area contributed by atoms with Gasteiger partial charge in [0.25, 0.3) is 5.91 Å². The molecule has 3 N–H and O–H groups in total. The van der Waals surface area contributed by atoms with Crippen molar-refractivity contribution in [2.75, 3.05) is 6.61 Å². The molecule has 2 aromatic rings. The van der Waals surface area contributed by atoms with Gasteiger partial charge in [0.05, 0.1) is 12.2 Å². The lowest BCUT2D eigenvalue weighted by molar-refractivity contribution is 0.0996. The summed E-state index contributed by atoms with van der Waals surface area (Å²) in [6.07, 6.45) is 3.60. The van der Waals surface area contributed by atoms with Crippen molar-refractivity contribution in [3.8, 4) is 5.75 Å². The van der Waals surface area contributed by atoms with E-state index in [9.17, 15) is 13.6 Å². The molecule has 3 rings (SSSR count). The Morgan fingerprint density at radius 3 is 2.71 bits per heavy atom. The minimum atomic E-state index is -0.518. The molecule has 1 amide bonds. The number of ether oxygens (including phenoxy) is 1. The first-order valence-electron chi connectivity index (χ1n) is 9.68. The van der Waals surface area contributed by atoms with E-state index in [0.29, 0.717) is 29.4 Å². The van der Waals surface area contributed by atoms with E-state index in [-0.39, 0.29) is 17.9 Å². The second-order valence-electron chi connectivity index (χ2n) is 7.40. The zero-order chi connectivity index (χ0) is 20.1. The van der Waals surface area contributed by atoms with Crippen molar-refractivity contribution in [3.05, 3.63) is 65.2 Å². The number of amides is 1. The molecule has 2 aromatic carbocycles. The highest BCUT2D eigenvalue weighted by atomic mass is 19.1. The predicted molar refractivity (Wildman–Crippen MR) is 104 cm³/mol. The molecule has 28 heavy (non-hydrogen) atoms. The molecule has 0 spiro atoms. The van der Waals surface area contributed by atoms with Gasteiger partial charge in [0.15, 0.2) is 0 Å². The maximum absolute atomic E-state index is 14.2. The molecule has 0 saturated heterocycles. The van der Waals surface area contributed by atoms with E-state index in [1.807, 2.05) is 6.92 Å². The minimum absolute atomic E-state index is 0.114. The van der Waals surface area contributed by atoms with Gasteiger partial charge in [-0.1, -0.05) is 12.1 Å². The number of nitrogens with one attached hydrogen (secondary N) is 1. The van der Waals surface area contributed by atoms with Crippen LogP contribution in [0.1, 0.15) is 54.6 Å². The molecule has 0 aromatic heterocycles. The summed E-state index contributed by atoms with van der Waals surface area (Å²) in [6, 6.07) is 10.5. The molecule has 1 aliphatic rings. The molecule has 2 atom stereocenters. The first-order chi connectivity index (χ1) is 13.5. The van der Waals surface area contributed by atoms with E-state index >= 15 is 0 Å². The summed E-state index contributed by atoms with van der Waals surface area (Å²) in [5.41, 5.74) is 6.12. The Balaban J connectivity index is 1.51. The lowest BCUT2D eigenvalue weighted by Crippen LogP contribution is -2.32. The number of nitrogens with two attached hydrogens (primary N) is 1. The average molecular weight is 388 g/mol. The fourth-order valence-electron chi connectivity index (χ4n) is 3.42. The second-order valence-corrected chi connectivity index (χ2v) is 7.40. The molecule has 0 bridgehead atoms. The third-order valence-electron chi connectivity index (χ3n) is 5.04. The molecule has 4 nitrogen and oxygen atoms in total. The van der Waals surface area contributed by atoms with Gasteiger partial charge in [-0.05, 0) is 68.9 Å². The van der Waals surface area contributed by atoms with Crippen LogP contribution in [0, 0.1) is 17.6 Å². The Hall–Kier alpha value is -2.47. The predicted octanol–water partition coefficient (Wildman–Crippen LogP) is 4.35. The van der Waals surface area contributed by atoms with Crippen molar-refractivity contribution < 1.29 is 18.3 Å². The maximum Gasteiger partial charge on any atom is 0.252 e. The fourth-order valence-corrected chi connectivity index (χ4v) is 3.42. The van der Waals surface area contributed by atoms with Crippen molar-refractivity contribution in [1.29, 1.82) is 0 Å². The SMILES string of the molecule is C[C@@H](CCCOc1ccccc1C(N)=O)N[C@@H](c1cc(F)ccc1F)C1CC1. The quantitative estimate of drug-likeness (QED) is 0.595. The normalized spacial score (nSPS) is 15.8. The zero-order valence-electron chi connectivity index (χ0n) is 16.0. The summed E-state index contributed by atoms with van der Waals surface area (Å²) in [6.45, 7) is 2.47. The van der Waals surface area contributed by atoms with E-state index in [0.717, 1.165) is 31.7 Å². The number of hydrogen-bond acceptors (Lipinski definition) is 3. The van der Waals surface area contributed by atoms with Crippen LogP contribution in [0.15, 0.2) is 42.5 Å². The van der Waals surface area contributed by atoms with Crippen LogP contribution in [0.5, 0.6) is 5.75 Å². The number of halogens is 2. The van der Waals surface area contributed by atoms with E-state index in [1.54, 1.807) is 24.3 Å². The molecular formula is C22H26F2N2O2. The standard InChI is InChI=1S/C22H26F2N2O2/c1-14(5-4-12-28-20-7-3-2-6-17(20)22(25)27)26-21(15-8-9-15)18-13-16(23)10-11-19(18)24/h2-3,6-7,10-11,13-15,21,26H,4-5,8-9,12H2,1H3,(H2,25,27)/t14-,21+/m0/s1. The van der Waals surface area contributed by atoms with Gasteiger partial charge in [0.1, 0.15) is 17.4 Å². The molecule has 1 fully saturated rings. The lowest BCUT2D eigenvalue weighted by Gasteiger charge is -2.24. The van der Waals surface area contributed by atoms with Gasteiger partial charge in [-0.15, -0.1) is 0 Å². The number of primary amides is 1. The van der Waals surface area contributed by atoms with Crippen molar-refractivity contribution in [2.45, 2.75) is 44.7 Å². The number of carbonyl (C=O) groups is 1. The maximum atomic E-state index is 14.2. The van der Waals surface area contributed by atoms with Crippen LogP contribution in [-0.4, -0.2) is 18.6 Å². The first-order valence-corrected chi connectivity index (χ1v) is 9.68. The number of benzene rings is 2. The van der Waals surface area contributed by atoms with Gasteiger partial charge in [0.2, 0.25) is 0 Å². The summed E-state index contributed by atoms with van der Waals surface area (Å²) < 4.78 is 33.5. The monoisotopic (exact) mass is 388 g/mol. The average Bonchev–Trinajstić information content (AvgIpc) is 3.51. The number of rotatable bonds is 10. The highest BCUT2D eigenvalue weighted by molar-refractivity contribution is 5.95. The van der Waals surface area contributed by atoms with E-state index in [4.69, 9.17) is 10.5 Å². The molecule has 6 heteroatoms. The van der Waals surface area contributed by atoms with Crippen molar-refractivity contribution >= 4 is 5.91 Å². The molecule has 0 unspecified atom stereocenters. The van der Waals surface area contributed by atoms with E-state index in [2.05, 4.69) is 5.32 Å². The van der Waals surface area contributed by atoms with Crippen molar-refractivity contribution in [2.24, 2.45) is 11.7 Å². The highest BCUT2D eigenvalue weighted by Crippen LogP contribution is 2.42. The summed E-state index contributed by atoms with van der Waals surface area (Å²) in [4.78, 5) is 11.4. The third-order valence-corrected chi connectivity index (χ3v) is 5.04. The largest absolute Gasteiger partial charge is 0.493 e. The molecule has 0 radical (unpaired) electrons. The van der Waals surface area contributed by atoms with Crippen LogP contribution < -0.4 is 15.8 Å². The fraction of sp³-hybridized carbons (Fsp3) is 0.409. The number of hydrogen-bond donors (Lipinski definition) is 2. The van der Waals surface area contributed by atoms with Crippen LogP contribution >= 0.6 is 0 Å². The molecule has 1 aliphatic carbocycles. The van der Waals surface area contributed by atoms with E-state index < -0.39 is 11.7 Å². The second kappa shape index (κ2) is 9.15. The summed E-state index contributed by atoms with van der Waals surface area (Å²) in [7, 11) is 0. The molecule has 0 aliphatic heterocycles. The minimum Gasteiger partial charge on any atom is -0.493 e. The first kappa shape index (κ1) is 20.3. The summed E-state index contributed by atoms with van der Waals surface area (Å²) >= 11 is 0. The molecule has 0 heterocycles. The Morgan fingerprint density at radius 1 is 1.25 bits per heavy atom. The Morgan fingerprint density at radius 2 is 2.00 bits per heavy atom. The van der Waals surface area contributed by atoms with Crippen LogP contribution in [0.25, 0.3) is 0 Å². The van der Waals surface area contributed by atoms with Crippen LogP contribution in [-0.2, 0) is 0 Å². The van der Waals surface area contributed by atoms with Crippen LogP contribution in [0.4, 0.5) is 8.78 Å². The molecule has 150 valence electrons. The van der Waals surface area contributed by atoms with Gasteiger partial charge in [-0.2, -0.15) is 0 Å². The Kier molecular flexibility index (Phi) is 6.62. The highest BCUT2D eigenvalue weighted by Gasteiger charge is 2.34. The van der Waals surface area contributed by atoms with Gasteiger partial charge in [-0.3, -0.25) is 4.79 Å². The van der Waals surface area contributed by atoms with Gasteiger partial charge >= 0.3 is 0 Å². The van der Waals surface area contributed by atoms with Crippen molar-refractivity contribution in [1.82, 2.24) is 5.32 Å². The lowest BCUT2D eigenvalue weighted by atomic mass is 9.99. The van der Waals surface area contributed by atoms with E-state index in [1.165, 1.54) is 12.1 Å². The number of para-hydroxylation sites is 1. The summed E-state index contributed by atoms with van der Waals surface area (Å²) in [5, 5.41) is 3.46.